The van der Waals surface area contributed by atoms with Crippen molar-refractivity contribution in [1.82, 2.24) is 0 Å². The monoisotopic (exact) mass is 314 g/mol. The van der Waals surface area contributed by atoms with Gasteiger partial charge in [0.05, 0.1) is 13.2 Å². The molecule has 0 unspecified atom stereocenters. The number of carbonyl (C=O) groups excluding carboxylic acids is 2. The maximum atomic E-state index is 11.4. The van der Waals surface area contributed by atoms with Crippen LogP contribution in [0.2, 0.25) is 0 Å². The zero-order valence-corrected chi connectivity index (χ0v) is 14.0. The molecule has 128 valence electrons. The zero-order valence-electron chi connectivity index (χ0n) is 14.0. The minimum atomic E-state index is -0.422. The highest BCUT2D eigenvalue weighted by molar-refractivity contribution is 5.86. The molecular weight excluding hydrogens is 284 g/mol. The number of ether oxygens (including phenoxy) is 3. The van der Waals surface area contributed by atoms with Crippen LogP contribution in [-0.2, 0) is 23.8 Å². The number of esters is 2. The average molecular weight is 314 g/mol. The van der Waals surface area contributed by atoms with E-state index in [2.05, 4.69) is 13.5 Å². The number of unbranched alkanes of at least 4 members (excludes halogenated alkanes) is 5. The number of carbonyl (C=O) groups is 2. The maximum absolute atomic E-state index is 11.4. The van der Waals surface area contributed by atoms with E-state index in [9.17, 15) is 9.59 Å². The fraction of sp³-hybridized carbons (Fsp3) is 0.765. The molecule has 0 fully saturated rings. The van der Waals surface area contributed by atoms with Crippen molar-refractivity contribution in [2.75, 3.05) is 26.4 Å². The van der Waals surface area contributed by atoms with Crippen LogP contribution in [-0.4, -0.2) is 38.4 Å². The quantitative estimate of drug-likeness (QED) is 0.279. The highest BCUT2D eigenvalue weighted by Gasteiger charge is 2.03. The van der Waals surface area contributed by atoms with E-state index in [1.807, 2.05) is 0 Å². The minimum Gasteiger partial charge on any atom is -0.463 e. The van der Waals surface area contributed by atoms with Gasteiger partial charge in [-0.1, -0.05) is 45.6 Å². The molecule has 0 rings (SSSR count). The number of hydrogen-bond donors (Lipinski definition) is 0. The molecule has 0 aliphatic heterocycles. The standard InChI is InChI=1S/C17H30O5/c1-4-5-6-7-8-9-10-16(18)21-13-11-20-12-14-22-17(19)15(2)3/h2,4-14H2,1,3H3. The molecule has 0 amide bonds. The van der Waals surface area contributed by atoms with Crippen LogP contribution in [0, 0.1) is 0 Å². The van der Waals surface area contributed by atoms with Gasteiger partial charge >= 0.3 is 11.9 Å². The van der Waals surface area contributed by atoms with Gasteiger partial charge in [0, 0.05) is 12.0 Å². The first-order chi connectivity index (χ1) is 10.6. The number of hydrogen-bond acceptors (Lipinski definition) is 5. The number of rotatable bonds is 14. The van der Waals surface area contributed by atoms with Crippen molar-refractivity contribution in [2.45, 2.75) is 58.8 Å². The Labute approximate surface area is 134 Å². The van der Waals surface area contributed by atoms with Crippen LogP contribution < -0.4 is 0 Å². The van der Waals surface area contributed by atoms with Gasteiger partial charge in [0.2, 0.25) is 0 Å². The summed E-state index contributed by atoms with van der Waals surface area (Å²) < 4.78 is 15.1. The van der Waals surface area contributed by atoms with Crippen molar-refractivity contribution in [3.8, 4) is 0 Å². The Morgan fingerprint density at radius 3 is 2.09 bits per heavy atom. The molecule has 0 N–H and O–H groups in total. The summed E-state index contributed by atoms with van der Waals surface area (Å²) in [5.74, 6) is -0.596. The lowest BCUT2D eigenvalue weighted by atomic mass is 10.1. The van der Waals surface area contributed by atoms with Gasteiger partial charge < -0.3 is 14.2 Å². The molecular formula is C17H30O5. The first-order valence-electron chi connectivity index (χ1n) is 8.14. The molecule has 22 heavy (non-hydrogen) atoms. The molecule has 0 heterocycles. The van der Waals surface area contributed by atoms with Gasteiger partial charge in [-0.2, -0.15) is 0 Å². The summed E-state index contributed by atoms with van der Waals surface area (Å²) in [6, 6.07) is 0. The highest BCUT2D eigenvalue weighted by Crippen LogP contribution is 2.07. The Morgan fingerprint density at radius 2 is 1.45 bits per heavy atom. The molecule has 0 aliphatic carbocycles. The van der Waals surface area contributed by atoms with E-state index in [-0.39, 0.29) is 25.8 Å². The molecule has 0 saturated carbocycles. The van der Waals surface area contributed by atoms with Crippen LogP contribution in [0.4, 0.5) is 0 Å². The third-order valence-corrected chi connectivity index (χ3v) is 3.03. The van der Waals surface area contributed by atoms with E-state index in [4.69, 9.17) is 14.2 Å². The first kappa shape index (κ1) is 20.6. The molecule has 5 nitrogen and oxygen atoms in total. The summed E-state index contributed by atoms with van der Waals surface area (Å²) in [6.45, 7) is 8.26. The van der Waals surface area contributed by atoms with Crippen molar-refractivity contribution < 1.29 is 23.8 Å². The predicted octanol–water partition coefficient (Wildman–Crippen LogP) is 3.42. The Morgan fingerprint density at radius 1 is 0.864 bits per heavy atom. The molecule has 0 bridgehead atoms. The molecule has 0 spiro atoms. The second-order valence-electron chi connectivity index (χ2n) is 5.27. The second kappa shape index (κ2) is 14.6. The molecule has 5 heteroatoms. The zero-order chi connectivity index (χ0) is 16.6. The van der Waals surface area contributed by atoms with E-state index >= 15 is 0 Å². The fourth-order valence-electron chi connectivity index (χ4n) is 1.75. The summed E-state index contributed by atoms with van der Waals surface area (Å²) in [4.78, 5) is 22.5. The molecule has 0 saturated heterocycles. The topological polar surface area (TPSA) is 61.8 Å². The molecule has 0 atom stereocenters. The summed E-state index contributed by atoms with van der Waals surface area (Å²) >= 11 is 0. The normalized spacial score (nSPS) is 10.3. The van der Waals surface area contributed by atoms with Crippen LogP contribution in [0.5, 0.6) is 0 Å². The van der Waals surface area contributed by atoms with E-state index in [0.29, 0.717) is 18.6 Å². The minimum absolute atomic E-state index is 0.173. The third-order valence-electron chi connectivity index (χ3n) is 3.03. The van der Waals surface area contributed by atoms with E-state index < -0.39 is 5.97 Å². The lowest BCUT2D eigenvalue weighted by molar-refractivity contribution is -0.145. The van der Waals surface area contributed by atoms with Crippen LogP contribution in [0.25, 0.3) is 0 Å². The summed E-state index contributed by atoms with van der Waals surface area (Å²) in [6.07, 6.45) is 7.38. The lowest BCUT2D eigenvalue weighted by Crippen LogP contribution is -2.14. The van der Waals surface area contributed by atoms with Gasteiger partial charge in [-0.3, -0.25) is 4.79 Å². The Balaban J connectivity index is 3.28. The lowest BCUT2D eigenvalue weighted by Gasteiger charge is -2.07. The molecule has 0 aromatic carbocycles. The van der Waals surface area contributed by atoms with Crippen molar-refractivity contribution in [3.05, 3.63) is 12.2 Å². The second-order valence-corrected chi connectivity index (χ2v) is 5.27. The highest BCUT2D eigenvalue weighted by atomic mass is 16.6. The molecule has 0 aromatic heterocycles. The SMILES string of the molecule is C=C(C)C(=O)OCCOCCOC(=O)CCCCCCCC. The summed E-state index contributed by atoms with van der Waals surface area (Å²) in [5, 5.41) is 0. The first-order valence-corrected chi connectivity index (χ1v) is 8.14. The van der Waals surface area contributed by atoms with Crippen LogP contribution in [0.3, 0.4) is 0 Å². The van der Waals surface area contributed by atoms with Crippen LogP contribution in [0.15, 0.2) is 12.2 Å². The van der Waals surface area contributed by atoms with Gasteiger partial charge in [0.15, 0.2) is 0 Å². The van der Waals surface area contributed by atoms with Crippen molar-refractivity contribution >= 4 is 11.9 Å². The Hall–Kier alpha value is -1.36. The summed E-state index contributed by atoms with van der Waals surface area (Å²) in [7, 11) is 0. The van der Waals surface area contributed by atoms with Gasteiger partial charge in [-0.05, 0) is 13.3 Å². The van der Waals surface area contributed by atoms with Gasteiger partial charge in [-0.25, -0.2) is 4.79 Å². The van der Waals surface area contributed by atoms with Crippen molar-refractivity contribution in [3.63, 3.8) is 0 Å². The van der Waals surface area contributed by atoms with Gasteiger partial charge in [0.25, 0.3) is 0 Å². The van der Waals surface area contributed by atoms with E-state index in [1.165, 1.54) is 25.7 Å². The smallest absolute Gasteiger partial charge is 0.333 e. The van der Waals surface area contributed by atoms with E-state index in [1.54, 1.807) is 6.92 Å². The predicted molar refractivity (Wildman–Crippen MR) is 85.5 cm³/mol. The van der Waals surface area contributed by atoms with Crippen molar-refractivity contribution in [2.24, 2.45) is 0 Å². The van der Waals surface area contributed by atoms with Gasteiger partial charge in [0.1, 0.15) is 13.2 Å². The Kier molecular flexibility index (Phi) is 13.7. The van der Waals surface area contributed by atoms with Crippen molar-refractivity contribution in [1.29, 1.82) is 0 Å². The van der Waals surface area contributed by atoms with Crippen LogP contribution >= 0.6 is 0 Å². The van der Waals surface area contributed by atoms with Crippen LogP contribution in [0.1, 0.15) is 58.8 Å². The summed E-state index contributed by atoms with van der Waals surface area (Å²) in [5.41, 5.74) is 0.364. The Bertz CT molecular complexity index is 325. The largest absolute Gasteiger partial charge is 0.463 e. The maximum Gasteiger partial charge on any atom is 0.333 e. The third kappa shape index (κ3) is 13.6. The fourth-order valence-corrected chi connectivity index (χ4v) is 1.75. The van der Waals surface area contributed by atoms with Gasteiger partial charge in [-0.15, -0.1) is 0 Å². The van der Waals surface area contributed by atoms with E-state index in [0.717, 1.165) is 12.8 Å². The molecule has 0 aliphatic rings. The molecule has 0 radical (unpaired) electrons. The molecule has 0 aromatic rings. The average Bonchev–Trinajstić information content (AvgIpc) is 2.49.